The van der Waals surface area contributed by atoms with E-state index in [1.807, 2.05) is 12.1 Å². The lowest BCUT2D eigenvalue weighted by Gasteiger charge is -2.26. The Morgan fingerprint density at radius 1 is 0.296 bits per heavy atom. The van der Waals surface area contributed by atoms with Crippen molar-refractivity contribution >= 4 is 82.1 Å². The monoisotopic (exact) mass is 687 g/mol. The van der Waals surface area contributed by atoms with Gasteiger partial charge in [-0.15, -0.1) is 0 Å². The predicted molar refractivity (Wildman–Crippen MR) is 229 cm³/mol. The van der Waals surface area contributed by atoms with Gasteiger partial charge in [-0.25, -0.2) is 0 Å². The zero-order valence-corrected chi connectivity index (χ0v) is 29.4. The molecule has 2 heteroatoms. The molecule has 252 valence electrons. The molecular formula is C52H33NO. The van der Waals surface area contributed by atoms with E-state index in [-0.39, 0.29) is 0 Å². The Morgan fingerprint density at radius 3 is 1.61 bits per heavy atom. The summed E-state index contributed by atoms with van der Waals surface area (Å²) in [6.45, 7) is 0. The summed E-state index contributed by atoms with van der Waals surface area (Å²) in [5.41, 5.74) is 9.84. The van der Waals surface area contributed by atoms with Gasteiger partial charge in [0.25, 0.3) is 0 Å². The Morgan fingerprint density at radius 2 is 0.815 bits per heavy atom. The van der Waals surface area contributed by atoms with E-state index in [1.54, 1.807) is 0 Å². The molecule has 1 aromatic heterocycles. The van der Waals surface area contributed by atoms with Gasteiger partial charge < -0.3 is 9.32 Å². The van der Waals surface area contributed by atoms with Gasteiger partial charge in [-0.2, -0.15) is 0 Å². The number of hydrogen-bond donors (Lipinski definition) is 0. The number of nitrogens with zero attached hydrogens (tertiary/aromatic N) is 1. The minimum atomic E-state index is 0.907. The van der Waals surface area contributed by atoms with Gasteiger partial charge in [0, 0.05) is 33.2 Å². The maximum absolute atomic E-state index is 6.50. The van der Waals surface area contributed by atoms with E-state index in [4.69, 9.17) is 4.42 Å². The lowest BCUT2D eigenvalue weighted by molar-refractivity contribution is 0.672. The standard InChI is InChI=1S/C52H33NO/c1-2-8-34(9-3-1)35-18-25-42(26-19-35)53(44-29-22-38-23-31-48-47-12-6-7-13-50(47)54-52(48)49(38)33-44)43-27-20-36(21-28-43)40-24-30-46-41(32-40)17-16-39-15-14-37-10-4-5-11-45(37)51(39)46/h1-33H. The van der Waals surface area contributed by atoms with E-state index in [9.17, 15) is 0 Å². The average Bonchev–Trinajstić information content (AvgIpc) is 3.63. The lowest BCUT2D eigenvalue weighted by Crippen LogP contribution is -2.09. The molecule has 0 aliphatic rings. The first-order chi connectivity index (χ1) is 26.7. The highest BCUT2D eigenvalue weighted by molar-refractivity contribution is 6.20. The van der Waals surface area contributed by atoms with Gasteiger partial charge >= 0.3 is 0 Å². The van der Waals surface area contributed by atoms with Gasteiger partial charge in [-0.3, -0.25) is 0 Å². The minimum absolute atomic E-state index is 0.907. The average molecular weight is 688 g/mol. The fraction of sp³-hybridized carbons (Fsp3) is 0. The molecule has 2 nitrogen and oxygen atoms in total. The first kappa shape index (κ1) is 30.5. The maximum Gasteiger partial charge on any atom is 0.143 e. The Hall–Kier alpha value is -7.16. The molecule has 54 heavy (non-hydrogen) atoms. The summed E-state index contributed by atoms with van der Waals surface area (Å²) in [5, 5.41) is 12.2. The smallest absolute Gasteiger partial charge is 0.143 e. The molecule has 0 spiro atoms. The van der Waals surface area contributed by atoms with Crippen molar-refractivity contribution in [2.75, 3.05) is 4.90 Å². The van der Waals surface area contributed by atoms with Gasteiger partial charge in [0.15, 0.2) is 0 Å². The molecule has 0 aliphatic carbocycles. The predicted octanol–water partition coefficient (Wildman–Crippen LogP) is 15.0. The van der Waals surface area contributed by atoms with Gasteiger partial charge in [0.05, 0.1) is 0 Å². The van der Waals surface area contributed by atoms with E-state index in [0.717, 1.165) is 49.8 Å². The third-order valence-electron chi connectivity index (χ3n) is 11.0. The second-order valence-electron chi connectivity index (χ2n) is 14.1. The zero-order chi connectivity index (χ0) is 35.6. The molecule has 0 saturated heterocycles. The Balaban J connectivity index is 1.03. The van der Waals surface area contributed by atoms with Crippen LogP contribution in [0.4, 0.5) is 17.1 Å². The maximum atomic E-state index is 6.50. The summed E-state index contributed by atoms with van der Waals surface area (Å²) >= 11 is 0. The summed E-state index contributed by atoms with van der Waals surface area (Å²) in [6, 6.07) is 72.3. The van der Waals surface area contributed by atoms with Crippen LogP contribution in [0.25, 0.3) is 87.3 Å². The van der Waals surface area contributed by atoms with Crippen molar-refractivity contribution in [1.29, 1.82) is 0 Å². The van der Waals surface area contributed by atoms with E-state index in [0.29, 0.717) is 0 Å². The summed E-state index contributed by atoms with van der Waals surface area (Å²) in [5.74, 6) is 0. The fourth-order valence-electron chi connectivity index (χ4n) is 8.33. The number of fused-ring (bicyclic) bond motifs is 10. The minimum Gasteiger partial charge on any atom is -0.455 e. The molecule has 0 fully saturated rings. The molecule has 0 bridgehead atoms. The molecule has 0 atom stereocenters. The normalized spacial score (nSPS) is 11.7. The van der Waals surface area contributed by atoms with Gasteiger partial charge in [-0.1, -0.05) is 146 Å². The zero-order valence-electron chi connectivity index (χ0n) is 29.4. The summed E-state index contributed by atoms with van der Waals surface area (Å²) in [6.07, 6.45) is 0. The van der Waals surface area contributed by atoms with Crippen LogP contribution in [0.3, 0.4) is 0 Å². The van der Waals surface area contributed by atoms with E-state index in [2.05, 4.69) is 193 Å². The molecule has 0 saturated carbocycles. The van der Waals surface area contributed by atoms with Crippen LogP contribution in [-0.4, -0.2) is 0 Å². The van der Waals surface area contributed by atoms with E-state index < -0.39 is 0 Å². The molecule has 1 heterocycles. The highest BCUT2D eigenvalue weighted by atomic mass is 16.3. The van der Waals surface area contributed by atoms with Crippen molar-refractivity contribution in [1.82, 2.24) is 0 Å². The Kier molecular flexibility index (Phi) is 6.90. The highest BCUT2D eigenvalue weighted by Gasteiger charge is 2.17. The quantitative estimate of drug-likeness (QED) is 0.168. The Labute approximate surface area is 312 Å². The number of rotatable bonds is 5. The van der Waals surface area contributed by atoms with Gasteiger partial charge in [0.1, 0.15) is 11.2 Å². The van der Waals surface area contributed by atoms with E-state index >= 15 is 0 Å². The molecule has 0 N–H and O–H groups in total. The van der Waals surface area contributed by atoms with Crippen molar-refractivity contribution in [2.45, 2.75) is 0 Å². The Bertz CT molecular complexity index is 3190. The number of hydrogen-bond acceptors (Lipinski definition) is 2. The molecule has 0 amide bonds. The summed E-state index contributed by atoms with van der Waals surface area (Å²) < 4.78 is 6.50. The second-order valence-corrected chi connectivity index (χ2v) is 14.1. The number of benzene rings is 10. The molecule has 0 unspecified atom stereocenters. The van der Waals surface area contributed by atoms with Crippen molar-refractivity contribution in [2.24, 2.45) is 0 Å². The molecule has 10 aromatic carbocycles. The van der Waals surface area contributed by atoms with Gasteiger partial charge in [-0.05, 0) is 115 Å². The summed E-state index contributed by atoms with van der Waals surface area (Å²) in [4.78, 5) is 2.34. The van der Waals surface area contributed by atoms with Crippen molar-refractivity contribution in [3.05, 3.63) is 200 Å². The van der Waals surface area contributed by atoms with Crippen molar-refractivity contribution in [3.8, 4) is 22.3 Å². The first-order valence-electron chi connectivity index (χ1n) is 18.5. The van der Waals surface area contributed by atoms with Crippen molar-refractivity contribution in [3.63, 3.8) is 0 Å². The molecular weight excluding hydrogens is 655 g/mol. The van der Waals surface area contributed by atoms with Gasteiger partial charge in [0.2, 0.25) is 0 Å². The third-order valence-corrected chi connectivity index (χ3v) is 11.0. The third kappa shape index (κ3) is 4.96. The highest BCUT2D eigenvalue weighted by Crippen LogP contribution is 2.41. The van der Waals surface area contributed by atoms with E-state index in [1.165, 1.54) is 54.6 Å². The number of furan rings is 1. The van der Waals surface area contributed by atoms with Crippen LogP contribution in [0.2, 0.25) is 0 Å². The topological polar surface area (TPSA) is 16.4 Å². The first-order valence-corrected chi connectivity index (χ1v) is 18.5. The van der Waals surface area contributed by atoms with Crippen LogP contribution in [0.15, 0.2) is 205 Å². The van der Waals surface area contributed by atoms with Crippen molar-refractivity contribution < 1.29 is 4.42 Å². The molecule has 0 radical (unpaired) electrons. The fourth-order valence-corrected chi connectivity index (χ4v) is 8.33. The van der Waals surface area contributed by atoms with Crippen LogP contribution in [0, 0.1) is 0 Å². The van der Waals surface area contributed by atoms with Crippen LogP contribution in [0.5, 0.6) is 0 Å². The number of anilines is 3. The molecule has 11 rings (SSSR count). The second kappa shape index (κ2) is 12.2. The van der Waals surface area contributed by atoms with Crippen LogP contribution < -0.4 is 4.90 Å². The largest absolute Gasteiger partial charge is 0.455 e. The van der Waals surface area contributed by atoms with Crippen LogP contribution >= 0.6 is 0 Å². The summed E-state index contributed by atoms with van der Waals surface area (Å²) in [7, 11) is 0. The number of para-hydroxylation sites is 1. The van der Waals surface area contributed by atoms with Crippen LogP contribution in [-0.2, 0) is 0 Å². The molecule has 11 aromatic rings. The SMILES string of the molecule is c1ccc(-c2ccc(N(c3ccc(-c4ccc5c(ccc6ccc7ccccc7c65)c4)cc3)c3ccc4ccc5c6ccccc6oc5c4c3)cc2)cc1. The molecule has 0 aliphatic heterocycles. The van der Waals surface area contributed by atoms with Crippen LogP contribution in [0.1, 0.15) is 0 Å². The lowest BCUT2D eigenvalue weighted by atomic mass is 9.94.